The molecule has 6 nitrogen and oxygen atoms in total. The van der Waals surface area contributed by atoms with Gasteiger partial charge in [0.25, 0.3) is 11.2 Å². The maximum Gasteiger partial charge on any atom is 0.294 e. The molecule has 1 aromatic carbocycles. The van der Waals surface area contributed by atoms with Gasteiger partial charge in [0, 0.05) is 17.0 Å². The van der Waals surface area contributed by atoms with Crippen molar-refractivity contribution in [3.05, 3.63) is 49.3 Å². The Kier molecular flexibility index (Phi) is 3.51. The molecule has 1 aromatic heterocycles. The molecule has 0 bridgehead atoms. The standard InChI is InChI=1S/C12H7ClN2O4/c13-9-6-8-4-7(2-1-3-16)5-10(15(18)19)11(8)14-12(9)17/h4-6,16H,3H2,(H,14,17). The zero-order chi connectivity index (χ0) is 14.0. The number of halogens is 1. The average Bonchev–Trinajstić information content (AvgIpc) is 2.37. The van der Waals surface area contributed by atoms with Crippen LogP contribution in [0.1, 0.15) is 5.56 Å². The first-order valence-electron chi connectivity index (χ1n) is 5.13. The Morgan fingerprint density at radius 3 is 2.79 bits per heavy atom. The molecule has 2 rings (SSSR count). The summed E-state index contributed by atoms with van der Waals surface area (Å²) in [5, 5.41) is 20.0. The number of nitro groups is 1. The van der Waals surface area contributed by atoms with Crippen LogP contribution in [-0.2, 0) is 0 Å². The number of nitro benzene ring substituents is 1. The number of non-ortho nitro benzene ring substituents is 1. The van der Waals surface area contributed by atoms with E-state index in [1.54, 1.807) is 6.07 Å². The molecule has 2 aromatic rings. The summed E-state index contributed by atoms with van der Waals surface area (Å²) in [5.41, 5.74) is -0.412. The molecule has 0 aliphatic carbocycles. The van der Waals surface area contributed by atoms with Crippen LogP contribution in [0.3, 0.4) is 0 Å². The van der Waals surface area contributed by atoms with Gasteiger partial charge in [-0.1, -0.05) is 23.4 Å². The summed E-state index contributed by atoms with van der Waals surface area (Å²) in [6, 6.07) is 4.12. The Morgan fingerprint density at radius 2 is 2.16 bits per heavy atom. The van der Waals surface area contributed by atoms with Crippen molar-refractivity contribution in [2.75, 3.05) is 6.61 Å². The van der Waals surface area contributed by atoms with E-state index in [9.17, 15) is 14.9 Å². The molecule has 0 atom stereocenters. The Balaban J connectivity index is 2.83. The van der Waals surface area contributed by atoms with Crippen molar-refractivity contribution < 1.29 is 10.0 Å². The van der Waals surface area contributed by atoms with E-state index in [0.717, 1.165) is 0 Å². The summed E-state index contributed by atoms with van der Waals surface area (Å²) in [6.45, 7) is -0.349. The number of pyridine rings is 1. The van der Waals surface area contributed by atoms with E-state index in [2.05, 4.69) is 16.8 Å². The lowest BCUT2D eigenvalue weighted by Gasteiger charge is -2.01. The van der Waals surface area contributed by atoms with Crippen molar-refractivity contribution in [2.45, 2.75) is 0 Å². The van der Waals surface area contributed by atoms with Gasteiger partial charge in [0.1, 0.15) is 17.1 Å². The fourth-order valence-electron chi connectivity index (χ4n) is 1.63. The number of fused-ring (bicyclic) bond motifs is 1. The molecule has 19 heavy (non-hydrogen) atoms. The molecule has 0 saturated carbocycles. The Labute approximate surface area is 111 Å². The molecule has 0 spiro atoms. The minimum atomic E-state index is -0.615. The van der Waals surface area contributed by atoms with Crippen LogP contribution in [0, 0.1) is 22.0 Å². The van der Waals surface area contributed by atoms with Gasteiger partial charge in [-0.15, -0.1) is 0 Å². The van der Waals surface area contributed by atoms with Crippen molar-refractivity contribution >= 4 is 28.2 Å². The molecule has 7 heteroatoms. The van der Waals surface area contributed by atoms with Gasteiger partial charge in [0.2, 0.25) is 0 Å². The maximum absolute atomic E-state index is 11.4. The van der Waals surface area contributed by atoms with Gasteiger partial charge in [0.05, 0.1) is 4.92 Å². The molecule has 1 heterocycles. The van der Waals surface area contributed by atoms with Crippen molar-refractivity contribution in [3.63, 3.8) is 0 Å². The largest absolute Gasteiger partial charge is 0.384 e. The summed E-state index contributed by atoms with van der Waals surface area (Å²) in [6.07, 6.45) is 0. The minimum absolute atomic E-state index is 0.0611. The van der Waals surface area contributed by atoms with Gasteiger partial charge in [-0.25, -0.2) is 0 Å². The van der Waals surface area contributed by atoms with E-state index in [1.165, 1.54) is 12.1 Å². The Bertz CT molecular complexity index is 786. The summed E-state index contributed by atoms with van der Waals surface area (Å²) in [4.78, 5) is 24.1. The number of aliphatic hydroxyl groups is 1. The van der Waals surface area contributed by atoms with Gasteiger partial charge in [-0.2, -0.15) is 0 Å². The molecule has 0 unspecified atom stereocenters. The lowest BCUT2D eigenvalue weighted by molar-refractivity contribution is -0.383. The lowest BCUT2D eigenvalue weighted by atomic mass is 10.1. The number of aliphatic hydroxyl groups excluding tert-OH is 1. The van der Waals surface area contributed by atoms with Crippen molar-refractivity contribution in [2.24, 2.45) is 0 Å². The van der Waals surface area contributed by atoms with Gasteiger partial charge in [-0.3, -0.25) is 14.9 Å². The van der Waals surface area contributed by atoms with Gasteiger partial charge >= 0.3 is 0 Å². The van der Waals surface area contributed by atoms with E-state index in [1.807, 2.05) is 0 Å². The monoisotopic (exact) mass is 278 g/mol. The highest BCUT2D eigenvalue weighted by atomic mass is 35.5. The number of benzene rings is 1. The topological polar surface area (TPSA) is 96.2 Å². The number of aromatic amines is 1. The van der Waals surface area contributed by atoms with E-state index < -0.39 is 10.5 Å². The molecular formula is C12H7ClN2O4. The van der Waals surface area contributed by atoms with Gasteiger partial charge in [-0.05, 0) is 12.1 Å². The van der Waals surface area contributed by atoms with Gasteiger partial charge < -0.3 is 10.1 Å². The molecule has 96 valence electrons. The molecular weight excluding hydrogens is 272 g/mol. The number of nitrogens with zero attached hydrogens (tertiary/aromatic N) is 1. The van der Waals surface area contributed by atoms with Gasteiger partial charge in [0.15, 0.2) is 0 Å². The summed E-state index contributed by atoms with van der Waals surface area (Å²) < 4.78 is 0. The second-order valence-electron chi connectivity index (χ2n) is 3.62. The van der Waals surface area contributed by atoms with E-state index >= 15 is 0 Å². The van der Waals surface area contributed by atoms with E-state index in [4.69, 9.17) is 16.7 Å². The lowest BCUT2D eigenvalue weighted by Crippen LogP contribution is -2.07. The maximum atomic E-state index is 11.4. The first kappa shape index (κ1) is 13.1. The SMILES string of the molecule is O=c1[nH]c2c([N+](=O)[O-])cc(C#CCO)cc2cc1Cl. The predicted molar refractivity (Wildman–Crippen MR) is 70.2 cm³/mol. The highest BCUT2D eigenvalue weighted by molar-refractivity contribution is 6.31. The average molecular weight is 279 g/mol. The summed E-state index contributed by atoms with van der Waals surface area (Å²) in [5.74, 6) is 4.98. The number of rotatable bonds is 1. The van der Waals surface area contributed by atoms with Crippen LogP contribution in [0.4, 0.5) is 5.69 Å². The van der Waals surface area contributed by atoms with E-state index in [-0.39, 0.29) is 22.8 Å². The summed E-state index contributed by atoms with van der Waals surface area (Å²) in [7, 11) is 0. The molecule has 0 fully saturated rings. The quantitative estimate of drug-likeness (QED) is 0.468. The van der Waals surface area contributed by atoms with E-state index in [0.29, 0.717) is 10.9 Å². The highest BCUT2D eigenvalue weighted by Crippen LogP contribution is 2.25. The Hall–Kier alpha value is -2.36. The number of H-pyrrole nitrogens is 1. The molecule has 0 aliphatic rings. The van der Waals surface area contributed by atoms with Crippen LogP contribution < -0.4 is 5.56 Å². The molecule has 0 radical (unpaired) electrons. The first-order chi connectivity index (χ1) is 9.02. The van der Waals surface area contributed by atoms with Crippen LogP contribution in [0.5, 0.6) is 0 Å². The van der Waals surface area contributed by atoms with Crippen molar-refractivity contribution in [1.82, 2.24) is 4.98 Å². The third-order valence-corrected chi connectivity index (χ3v) is 2.67. The second-order valence-corrected chi connectivity index (χ2v) is 4.03. The van der Waals surface area contributed by atoms with Crippen LogP contribution in [0.25, 0.3) is 10.9 Å². The fourth-order valence-corrected chi connectivity index (χ4v) is 1.80. The third kappa shape index (κ3) is 2.57. The zero-order valence-corrected chi connectivity index (χ0v) is 10.2. The zero-order valence-electron chi connectivity index (χ0n) is 9.44. The van der Waals surface area contributed by atoms with Crippen LogP contribution in [0.15, 0.2) is 23.0 Å². The van der Waals surface area contributed by atoms with Crippen molar-refractivity contribution in [1.29, 1.82) is 0 Å². The molecule has 0 amide bonds. The molecule has 2 N–H and O–H groups in total. The smallest absolute Gasteiger partial charge is 0.294 e. The summed E-state index contributed by atoms with van der Waals surface area (Å²) >= 11 is 5.69. The normalized spacial score (nSPS) is 10.0. The third-order valence-electron chi connectivity index (χ3n) is 2.39. The number of hydrogen-bond acceptors (Lipinski definition) is 4. The molecule has 0 aliphatic heterocycles. The number of hydrogen-bond donors (Lipinski definition) is 2. The first-order valence-corrected chi connectivity index (χ1v) is 5.51. The van der Waals surface area contributed by atoms with Crippen LogP contribution >= 0.6 is 11.6 Å². The van der Waals surface area contributed by atoms with Crippen LogP contribution in [0.2, 0.25) is 5.02 Å². The number of nitrogens with one attached hydrogen (secondary N) is 1. The molecule has 0 saturated heterocycles. The van der Waals surface area contributed by atoms with Crippen molar-refractivity contribution in [3.8, 4) is 11.8 Å². The Morgan fingerprint density at radius 1 is 1.42 bits per heavy atom. The van der Waals surface area contributed by atoms with Crippen LogP contribution in [-0.4, -0.2) is 21.6 Å². The predicted octanol–water partition coefficient (Wildman–Crippen LogP) is 1.43. The second kappa shape index (κ2) is 5.10. The highest BCUT2D eigenvalue weighted by Gasteiger charge is 2.15. The number of aromatic nitrogens is 1. The minimum Gasteiger partial charge on any atom is -0.384 e. The fraction of sp³-hybridized carbons (Fsp3) is 0.0833.